The van der Waals surface area contributed by atoms with Crippen LogP contribution >= 0.6 is 0 Å². The van der Waals surface area contributed by atoms with E-state index in [1.807, 2.05) is 0 Å². The van der Waals surface area contributed by atoms with E-state index in [-0.39, 0.29) is 22.8 Å². The summed E-state index contributed by atoms with van der Waals surface area (Å²) in [7, 11) is 2.56. The molecule has 0 heterocycles. The van der Waals surface area contributed by atoms with Gasteiger partial charge in [0, 0.05) is 5.56 Å². The van der Waals surface area contributed by atoms with E-state index >= 15 is 0 Å². The average Bonchev–Trinajstić information content (AvgIpc) is 2.62. The maximum atomic E-state index is 13.5. The van der Waals surface area contributed by atoms with Gasteiger partial charge in [-0.05, 0) is 12.1 Å². The van der Waals surface area contributed by atoms with Gasteiger partial charge < -0.3 is 14.6 Å². The van der Waals surface area contributed by atoms with Crippen LogP contribution in [0, 0.1) is 29.1 Å². The fourth-order valence-electron chi connectivity index (χ4n) is 1.86. The van der Waals surface area contributed by atoms with E-state index in [4.69, 9.17) is 9.47 Å². The second-order valence-corrected chi connectivity index (χ2v) is 4.59. The van der Waals surface area contributed by atoms with Crippen LogP contribution in [-0.2, 0) is 0 Å². The van der Waals surface area contributed by atoms with Gasteiger partial charge in [-0.25, -0.2) is 22.0 Å². The maximum Gasteiger partial charge on any atom is 0.200 e. The van der Waals surface area contributed by atoms with Crippen molar-refractivity contribution in [1.29, 1.82) is 0 Å². The molecule has 5 nitrogen and oxygen atoms in total. The molecule has 25 heavy (non-hydrogen) atoms. The van der Waals surface area contributed by atoms with Gasteiger partial charge in [-0.1, -0.05) is 0 Å². The van der Waals surface area contributed by atoms with Crippen molar-refractivity contribution in [2.75, 3.05) is 19.6 Å². The summed E-state index contributed by atoms with van der Waals surface area (Å²) < 4.78 is 75.9. The van der Waals surface area contributed by atoms with Gasteiger partial charge >= 0.3 is 0 Å². The van der Waals surface area contributed by atoms with Crippen LogP contribution in [0.3, 0.4) is 0 Å². The summed E-state index contributed by atoms with van der Waals surface area (Å²) in [6.45, 7) is 0. The van der Waals surface area contributed by atoms with Crippen molar-refractivity contribution in [3.8, 4) is 17.2 Å². The van der Waals surface area contributed by atoms with Gasteiger partial charge in [0.05, 0.1) is 20.4 Å². The van der Waals surface area contributed by atoms with Crippen LogP contribution in [0.2, 0.25) is 0 Å². The number of nitrogens with zero attached hydrogens (tertiary/aromatic N) is 1. The molecule has 0 bridgehead atoms. The summed E-state index contributed by atoms with van der Waals surface area (Å²) in [5.41, 5.74) is 0.709. The zero-order valence-corrected chi connectivity index (χ0v) is 12.8. The van der Waals surface area contributed by atoms with Crippen LogP contribution in [0.4, 0.5) is 27.6 Å². The molecule has 2 rings (SSSR count). The summed E-state index contributed by atoms with van der Waals surface area (Å²) in [6, 6.07) is 2.61. The van der Waals surface area contributed by atoms with Crippen molar-refractivity contribution in [3.63, 3.8) is 0 Å². The molecule has 0 amide bonds. The first-order valence-corrected chi connectivity index (χ1v) is 6.57. The summed E-state index contributed by atoms with van der Waals surface area (Å²) >= 11 is 0. The largest absolute Gasteiger partial charge is 0.502 e. The number of anilines is 1. The lowest BCUT2D eigenvalue weighted by atomic mass is 10.2. The van der Waals surface area contributed by atoms with E-state index in [0.29, 0.717) is 0 Å². The highest BCUT2D eigenvalue weighted by atomic mass is 19.2. The molecule has 2 N–H and O–H groups in total. The highest BCUT2D eigenvalue weighted by Crippen LogP contribution is 2.36. The van der Waals surface area contributed by atoms with Gasteiger partial charge in [0.2, 0.25) is 11.6 Å². The molecule has 0 aromatic heterocycles. The first kappa shape index (κ1) is 18.3. The Labute approximate surface area is 138 Å². The quantitative estimate of drug-likeness (QED) is 0.281. The molecule has 0 saturated heterocycles. The van der Waals surface area contributed by atoms with Crippen molar-refractivity contribution >= 4 is 11.9 Å². The lowest BCUT2D eigenvalue weighted by Gasteiger charge is -2.09. The van der Waals surface area contributed by atoms with Crippen LogP contribution in [0.15, 0.2) is 17.2 Å². The molecule has 0 aliphatic heterocycles. The maximum absolute atomic E-state index is 13.5. The summed E-state index contributed by atoms with van der Waals surface area (Å²) in [5, 5.41) is 13.2. The Bertz CT molecular complexity index is 788. The van der Waals surface area contributed by atoms with E-state index in [1.165, 1.54) is 26.4 Å². The predicted octanol–water partition coefficient (Wildman–Crippen LogP) is 3.55. The Morgan fingerprint density at radius 1 is 0.880 bits per heavy atom. The van der Waals surface area contributed by atoms with Crippen molar-refractivity contribution in [3.05, 3.63) is 46.8 Å². The number of methoxy groups -OCH3 is 2. The Morgan fingerprint density at radius 2 is 1.32 bits per heavy atom. The minimum Gasteiger partial charge on any atom is -0.502 e. The number of hydrazone groups is 1. The molecule has 0 spiro atoms. The Balaban J connectivity index is 2.34. The van der Waals surface area contributed by atoms with Gasteiger partial charge in [-0.2, -0.15) is 5.10 Å². The number of benzene rings is 2. The van der Waals surface area contributed by atoms with E-state index in [1.54, 1.807) is 5.43 Å². The number of aromatic hydroxyl groups is 1. The predicted molar refractivity (Wildman–Crippen MR) is 78.7 cm³/mol. The number of hydrogen-bond donors (Lipinski definition) is 2. The highest BCUT2D eigenvalue weighted by molar-refractivity contribution is 5.83. The molecule has 0 unspecified atom stereocenters. The van der Waals surface area contributed by atoms with Crippen molar-refractivity contribution in [1.82, 2.24) is 0 Å². The number of phenolic OH excluding ortho intramolecular Hbond substituents is 1. The number of nitrogens with one attached hydrogen (secondary N) is 1. The van der Waals surface area contributed by atoms with Crippen molar-refractivity contribution < 1.29 is 36.5 Å². The van der Waals surface area contributed by atoms with Crippen LogP contribution in [0.5, 0.6) is 17.2 Å². The topological polar surface area (TPSA) is 63.1 Å². The molecule has 2 aromatic carbocycles. The number of rotatable bonds is 5. The van der Waals surface area contributed by atoms with Gasteiger partial charge in [-0.15, -0.1) is 0 Å². The van der Waals surface area contributed by atoms with E-state index in [0.717, 1.165) is 6.21 Å². The number of ether oxygens (including phenoxy) is 2. The van der Waals surface area contributed by atoms with Gasteiger partial charge in [0.1, 0.15) is 5.69 Å². The second-order valence-electron chi connectivity index (χ2n) is 4.59. The molecule has 0 saturated carbocycles. The van der Waals surface area contributed by atoms with Crippen molar-refractivity contribution in [2.24, 2.45) is 5.10 Å². The molecule has 2 aromatic rings. The van der Waals surface area contributed by atoms with Crippen molar-refractivity contribution in [2.45, 2.75) is 0 Å². The molecule has 0 fully saturated rings. The normalized spacial score (nSPS) is 11.0. The molecular weight excluding hydrogens is 351 g/mol. The number of hydrogen-bond acceptors (Lipinski definition) is 5. The van der Waals surface area contributed by atoms with Gasteiger partial charge in [-0.3, -0.25) is 5.43 Å². The van der Waals surface area contributed by atoms with Gasteiger partial charge in [0.25, 0.3) is 0 Å². The first-order valence-electron chi connectivity index (χ1n) is 6.57. The number of halogens is 5. The SMILES string of the molecule is COc1cc(/C=N/Nc2c(F)c(F)c(F)c(F)c2F)cc(OC)c1O. The third-order valence-corrected chi connectivity index (χ3v) is 3.10. The second kappa shape index (κ2) is 7.24. The summed E-state index contributed by atoms with van der Waals surface area (Å²) in [6.07, 6.45) is 1.00. The monoisotopic (exact) mass is 362 g/mol. The Kier molecular flexibility index (Phi) is 5.30. The highest BCUT2D eigenvalue weighted by Gasteiger charge is 2.25. The average molecular weight is 362 g/mol. The third kappa shape index (κ3) is 3.42. The van der Waals surface area contributed by atoms with E-state index in [9.17, 15) is 27.1 Å². The first-order chi connectivity index (χ1) is 11.8. The molecule has 134 valence electrons. The molecule has 0 aliphatic carbocycles. The Hall–Kier alpha value is -3.04. The fraction of sp³-hybridized carbons (Fsp3) is 0.133. The van der Waals surface area contributed by atoms with Crippen LogP contribution < -0.4 is 14.9 Å². The summed E-state index contributed by atoms with van der Waals surface area (Å²) in [5.74, 6) is -10.8. The van der Waals surface area contributed by atoms with E-state index < -0.39 is 34.8 Å². The van der Waals surface area contributed by atoms with Gasteiger partial charge in [0.15, 0.2) is 34.8 Å². The molecular formula is C15H11F5N2O3. The smallest absolute Gasteiger partial charge is 0.200 e. The molecule has 0 aliphatic rings. The Morgan fingerprint density at radius 3 is 1.76 bits per heavy atom. The minimum atomic E-state index is -2.27. The third-order valence-electron chi connectivity index (χ3n) is 3.10. The van der Waals surface area contributed by atoms with E-state index in [2.05, 4.69) is 5.10 Å². The molecule has 0 radical (unpaired) electrons. The van der Waals surface area contributed by atoms with Crippen LogP contribution in [0.25, 0.3) is 0 Å². The molecule has 10 heteroatoms. The minimum absolute atomic E-state index is 0.0250. The van der Waals surface area contributed by atoms with Crippen LogP contribution in [0.1, 0.15) is 5.56 Å². The zero-order chi connectivity index (χ0) is 18.7. The molecule has 0 atom stereocenters. The zero-order valence-electron chi connectivity index (χ0n) is 12.8. The standard InChI is InChI=1S/C15H11F5N2O3/c1-24-7-3-6(4-8(25-2)15(7)23)5-21-22-14-12(19)10(17)9(16)11(18)13(14)20/h3-5,22-23H,1-2H3/b21-5+. The number of phenols is 1. The fourth-order valence-corrected chi connectivity index (χ4v) is 1.86. The lowest BCUT2D eigenvalue weighted by Crippen LogP contribution is -2.06. The lowest BCUT2D eigenvalue weighted by molar-refractivity contribution is 0.340. The summed E-state index contributed by atoms with van der Waals surface area (Å²) in [4.78, 5) is 0. The van der Waals surface area contributed by atoms with Crippen LogP contribution in [-0.4, -0.2) is 25.5 Å².